The molecule has 0 aliphatic rings. The Hall–Kier alpha value is -3.48. The number of carbonyl (C=O) groups is 1. The number of esters is 1. The molecule has 0 saturated carbocycles. The van der Waals surface area contributed by atoms with Gasteiger partial charge in [0, 0.05) is 11.6 Å². The van der Waals surface area contributed by atoms with Crippen molar-refractivity contribution in [3.8, 4) is 28.6 Å². The monoisotopic (exact) mass is 411 g/mol. The van der Waals surface area contributed by atoms with Crippen molar-refractivity contribution >= 4 is 5.97 Å². The summed E-state index contributed by atoms with van der Waals surface area (Å²) in [6.45, 7) is 4.05. The van der Waals surface area contributed by atoms with Crippen molar-refractivity contribution in [1.29, 1.82) is 0 Å². The van der Waals surface area contributed by atoms with Crippen LogP contribution in [0.5, 0.6) is 17.2 Å². The molecular formula is C23H25NO6. The maximum absolute atomic E-state index is 12.0. The van der Waals surface area contributed by atoms with E-state index in [4.69, 9.17) is 23.5 Å². The molecule has 2 aromatic carbocycles. The Kier molecular flexibility index (Phi) is 6.95. The lowest BCUT2D eigenvalue weighted by Gasteiger charge is -2.08. The molecule has 0 radical (unpaired) electrons. The van der Waals surface area contributed by atoms with E-state index in [9.17, 15) is 4.79 Å². The fourth-order valence-electron chi connectivity index (χ4n) is 2.79. The van der Waals surface area contributed by atoms with Gasteiger partial charge >= 0.3 is 5.97 Å². The zero-order valence-electron chi connectivity index (χ0n) is 17.5. The van der Waals surface area contributed by atoms with Crippen molar-refractivity contribution in [3.05, 3.63) is 59.8 Å². The predicted molar refractivity (Wildman–Crippen MR) is 111 cm³/mol. The second-order valence-corrected chi connectivity index (χ2v) is 6.93. The number of methoxy groups -OCH3 is 2. The number of rotatable bonds is 9. The molecule has 30 heavy (non-hydrogen) atoms. The van der Waals surface area contributed by atoms with Crippen molar-refractivity contribution < 1.29 is 28.3 Å². The van der Waals surface area contributed by atoms with Gasteiger partial charge in [0.15, 0.2) is 23.9 Å². The van der Waals surface area contributed by atoms with Crippen LogP contribution < -0.4 is 14.2 Å². The van der Waals surface area contributed by atoms with Gasteiger partial charge in [-0.1, -0.05) is 31.1 Å². The summed E-state index contributed by atoms with van der Waals surface area (Å²) in [6, 6.07) is 14.8. The molecule has 0 N–H and O–H groups in total. The predicted octanol–water partition coefficient (Wildman–Crippen LogP) is 4.60. The number of hydrogen-bond donors (Lipinski definition) is 0. The lowest BCUT2D eigenvalue weighted by atomic mass is 10.0. The minimum Gasteiger partial charge on any atom is -0.493 e. The molecule has 0 amide bonds. The molecule has 7 nitrogen and oxygen atoms in total. The molecule has 0 fully saturated rings. The van der Waals surface area contributed by atoms with Crippen LogP contribution in [0.25, 0.3) is 11.3 Å². The molecule has 0 atom stereocenters. The topological polar surface area (TPSA) is 80.0 Å². The highest BCUT2D eigenvalue weighted by Crippen LogP contribution is 2.32. The molecule has 158 valence electrons. The average Bonchev–Trinajstić information content (AvgIpc) is 3.25. The summed E-state index contributed by atoms with van der Waals surface area (Å²) in [6.07, 6.45) is 0. The van der Waals surface area contributed by atoms with Crippen LogP contribution in [0.15, 0.2) is 53.1 Å². The van der Waals surface area contributed by atoms with E-state index >= 15 is 0 Å². The van der Waals surface area contributed by atoms with E-state index in [2.05, 4.69) is 19.0 Å². The van der Waals surface area contributed by atoms with Gasteiger partial charge < -0.3 is 23.5 Å². The molecule has 3 aromatic rings. The number of aromatic nitrogens is 1. The first-order valence-electron chi connectivity index (χ1n) is 9.56. The molecule has 3 rings (SSSR count). The number of ether oxygens (including phenoxy) is 4. The minimum atomic E-state index is -0.487. The summed E-state index contributed by atoms with van der Waals surface area (Å²) < 4.78 is 26.5. The van der Waals surface area contributed by atoms with Crippen LogP contribution in [0.1, 0.15) is 31.0 Å². The van der Waals surface area contributed by atoms with Crippen LogP contribution in [0.4, 0.5) is 0 Å². The van der Waals surface area contributed by atoms with Gasteiger partial charge in [0.1, 0.15) is 18.1 Å². The Balaban J connectivity index is 1.52. The molecule has 0 aliphatic heterocycles. The van der Waals surface area contributed by atoms with Crippen molar-refractivity contribution in [2.45, 2.75) is 26.4 Å². The SMILES string of the molecule is COc1ccc(-c2cc(COC(=O)COc3ccc(C(C)C)cc3)no2)cc1OC. The van der Waals surface area contributed by atoms with Gasteiger partial charge in [0.2, 0.25) is 0 Å². The van der Waals surface area contributed by atoms with Crippen LogP contribution in [0.2, 0.25) is 0 Å². The van der Waals surface area contributed by atoms with Crippen LogP contribution in [0, 0.1) is 0 Å². The summed E-state index contributed by atoms with van der Waals surface area (Å²) in [7, 11) is 3.14. The third-order valence-electron chi connectivity index (χ3n) is 4.51. The van der Waals surface area contributed by atoms with Crippen molar-refractivity contribution in [3.63, 3.8) is 0 Å². The Morgan fingerprint density at radius 3 is 2.40 bits per heavy atom. The zero-order chi connectivity index (χ0) is 21.5. The van der Waals surface area contributed by atoms with Gasteiger partial charge in [0.25, 0.3) is 0 Å². The Labute approximate surface area is 175 Å². The van der Waals surface area contributed by atoms with Crippen LogP contribution in [0.3, 0.4) is 0 Å². The third kappa shape index (κ3) is 5.31. The van der Waals surface area contributed by atoms with E-state index in [1.54, 1.807) is 32.4 Å². The Morgan fingerprint density at radius 2 is 1.73 bits per heavy atom. The molecular weight excluding hydrogens is 386 g/mol. The van der Waals surface area contributed by atoms with E-state index in [1.165, 1.54) is 5.56 Å². The zero-order valence-corrected chi connectivity index (χ0v) is 17.5. The maximum Gasteiger partial charge on any atom is 0.344 e. The molecule has 1 heterocycles. The number of benzene rings is 2. The van der Waals surface area contributed by atoms with Gasteiger partial charge in [-0.2, -0.15) is 0 Å². The number of hydrogen-bond acceptors (Lipinski definition) is 7. The molecule has 0 aliphatic carbocycles. The second kappa shape index (κ2) is 9.82. The molecule has 0 unspecified atom stereocenters. The third-order valence-corrected chi connectivity index (χ3v) is 4.51. The van der Waals surface area contributed by atoms with Crippen LogP contribution in [-0.2, 0) is 16.1 Å². The smallest absolute Gasteiger partial charge is 0.344 e. The Morgan fingerprint density at radius 1 is 1.00 bits per heavy atom. The summed E-state index contributed by atoms with van der Waals surface area (Å²) >= 11 is 0. The van der Waals surface area contributed by atoms with Gasteiger partial charge in [-0.25, -0.2) is 4.79 Å². The van der Waals surface area contributed by atoms with E-state index in [-0.39, 0.29) is 13.2 Å². The fourth-order valence-corrected chi connectivity index (χ4v) is 2.79. The Bertz CT molecular complexity index is 978. The highest BCUT2D eigenvalue weighted by Gasteiger charge is 2.13. The van der Waals surface area contributed by atoms with E-state index in [0.717, 1.165) is 5.56 Å². The normalized spacial score (nSPS) is 10.7. The second-order valence-electron chi connectivity index (χ2n) is 6.93. The number of carbonyl (C=O) groups excluding carboxylic acids is 1. The molecule has 0 bridgehead atoms. The summed E-state index contributed by atoms with van der Waals surface area (Å²) in [4.78, 5) is 12.0. The maximum atomic E-state index is 12.0. The largest absolute Gasteiger partial charge is 0.493 e. The summed E-state index contributed by atoms with van der Waals surface area (Å²) in [5.74, 6) is 2.30. The lowest BCUT2D eigenvalue weighted by molar-refractivity contribution is -0.147. The highest BCUT2D eigenvalue weighted by atomic mass is 16.6. The van der Waals surface area contributed by atoms with Gasteiger partial charge in [-0.05, 0) is 41.8 Å². The molecule has 7 heteroatoms. The fraction of sp³-hybridized carbons (Fsp3) is 0.304. The van der Waals surface area contributed by atoms with Gasteiger partial charge in [-0.3, -0.25) is 0 Å². The van der Waals surface area contributed by atoms with Gasteiger partial charge in [-0.15, -0.1) is 0 Å². The van der Waals surface area contributed by atoms with Crippen LogP contribution in [-0.4, -0.2) is 32.0 Å². The minimum absolute atomic E-state index is 0.00866. The highest BCUT2D eigenvalue weighted by molar-refractivity contribution is 5.71. The van der Waals surface area contributed by atoms with Gasteiger partial charge in [0.05, 0.1) is 14.2 Å². The van der Waals surface area contributed by atoms with E-state index < -0.39 is 5.97 Å². The van der Waals surface area contributed by atoms with E-state index in [1.807, 2.05) is 30.3 Å². The first kappa shape index (κ1) is 21.2. The lowest BCUT2D eigenvalue weighted by Crippen LogP contribution is -2.14. The first-order chi connectivity index (χ1) is 14.5. The van der Waals surface area contributed by atoms with Crippen molar-refractivity contribution in [2.75, 3.05) is 20.8 Å². The van der Waals surface area contributed by atoms with Crippen molar-refractivity contribution in [1.82, 2.24) is 5.16 Å². The first-order valence-corrected chi connectivity index (χ1v) is 9.56. The molecule has 0 spiro atoms. The molecule has 0 saturated heterocycles. The van der Waals surface area contributed by atoms with E-state index in [0.29, 0.717) is 34.6 Å². The average molecular weight is 411 g/mol. The summed E-state index contributed by atoms with van der Waals surface area (Å²) in [5.41, 5.74) is 2.47. The summed E-state index contributed by atoms with van der Waals surface area (Å²) in [5, 5.41) is 3.94. The molecule has 1 aromatic heterocycles. The van der Waals surface area contributed by atoms with Crippen LogP contribution >= 0.6 is 0 Å². The number of nitrogens with zero attached hydrogens (tertiary/aromatic N) is 1. The van der Waals surface area contributed by atoms with Crippen molar-refractivity contribution in [2.24, 2.45) is 0 Å². The standard InChI is InChI=1S/C23H25NO6/c1-15(2)16-5-8-19(9-6-16)28-14-23(25)29-13-18-12-21(30-24-18)17-7-10-20(26-3)22(11-17)27-4/h5-12,15H,13-14H2,1-4H3. The quantitative estimate of drug-likeness (QED) is 0.476.